The van der Waals surface area contributed by atoms with Gasteiger partial charge in [-0.05, 0) is 31.0 Å². The zero-order valence-corrected chi connectivity index (χ0v) is 16.8. The number of anilines is 1. The summed E-state index contributed by atoms with van der Waals surface area (Å²) < 4.78 is 5.62. The fourth-order valence-electron chi connectivity index (χ4n) is 2.73. The summed E-state index contributed by atoms with van der Waals surface area (Å²) in [6.45, 7) is 4.53. The maximum Gasteiger partial charge on any atom is 0.242 e. The van der Waals surface area contributed by atoms with Gasteiger partial charge in [-0.25, -0.2) is 4.98 Å². The number of carbonyl (C=O) groups is 1. The van der Waals surface area contributed by atoms with Gasteiger partial charge in [-0.1, -0.05) is 61.2 Å². The van der Waals surface area contributed by atoms with Crippen molar-refractivity contribution in [1.82, 2.24) is 15.2 Å². The molecule has 6 nitrogen and oxygen atoms in total. The smallest absolute Gasteiger partial charge is 0.242 e. The van der Waals surface area contributed by atoms with E-state index in [1.54, 1.807) is 0 Å². The highest BCUT2D eigenvalue weighted by Crippen LogP contribution is 2.35. The predicted octanol–water partition coefficient (Wildman–Crippen LogP) is 4.63. The minimum atomic E-state index is -0.485. The number of hydrogen-bond donors (Lipinski definition) is 2. The number of rotatable bonds is 9. The first-order chi connectivity index (χ1) is 13.7. The van der Waals surface area contributed by atoms with Crippen molar-refractivity contribution in [3.05, 3.63) is 66.0 Å². The highest BCUT2D eigenvalue weighted by molar-refractivity contribution is 8.00. The Morgan fingerprint density at radius 3 is 2.64 bits per heavy atom. The molecule has 3 aromatic rings. The minimum absolute atomic E-state index is 0.148. The summed E-state index contributed by atoms with van der Waals surface area (Å²) in [6.07, 6.45) is 1.81. The van der Waals surface area contributed by atoms with E-state index in [-0.39, 0.29) is 5.91 Å². The lowest BCUT2D eigenvalue weighted by Crippen LogP contribution is -2.19. The SMILES string of the molecule is CCCc1nc(SC(C(=O)Nc2ccccc2OCC)c2ccccc2)n[nH]1. The van der Waals surface area contributed by atoms with Crippen LogP contribution in [-0.4, -0.2) is 27.7 Å². The molecule has 2 N–H and O–H groups in total. The summed E-state index contributed by atoms with van der Waals surface area (Å²) in [5, 5.41) is 10.3. The van der Waals surface area contributed by atoms with Gasteiger partial charge in [0.15, 0.2) is 0 Å². The Morgan fingerprint density at radius 2 is 1.89 bits per heavy atom. The third kappa shape index (κ3) is 5.13. The summed E-state index contributed by atoms with van der Waals surface area (Å²) in [7, 11) is 0. The topological polar surface area (TPSA) is 79.9 Å². The van der Waals surface area contributed by atoms with Crippen LogP contribution in [0.15, 0.2) is 59.8 Å². The number of aryl methyl sites for hydroxylation is 1. The minimum Gasteiger partial charge on any atom is -0.492 e. The van der Waals surface area contributed by atoms with Crippen molar-refractivity contribution in [2.75, 3.05) is 11.9 Å². The van der Waals surface area contributed by atoms with Crippen LogP contribution in [-0.2, 0) is 11.2 Å². The van der Waals surface area contributed by atoms with Crippen molar-refractivity contribution >= 4 is 23.4 Å². The molecule has 1 amide bonds. The van der Waals surface area contributed by atoms with E-state index in [0.717, 1.165) is 24.2 Å². The molecule has 2 aromatic carbocycles. The van der Waals surface area contributed by atoms with Gasteiger partial charge in [-0.2, -0.15) is 0 Å². The van der Waals surface area contributed by atoms with Crippen LogP contribution in [0.3, 0.4) is 0 Å². The first-order valence-electron chi connectivity index (χ1n) is 9.36. The van der Waals surface area contributed by atoms with Crippen molar-refractivity contribution in [1.29, 1.82) is 0 Å². The number of H-pyrrole nitrogens is 1. The maximum atomic E-state index is 13.2. The van der Waals surface area contributed by atoms with Crippen LogP contribution in [0.25, 0.3) is 0 Å². The Kier molecular flexibility index (Phi) is 7.08. The van der Waals surface area contributed by atoms with Gasteiger partial charge in [-0.15, -0.1) is 5.10 Å². The van der Waals surface area contributed by atoms with Gasteiger partial charge < -0.3 is 10.1 Å². The number of hydrogen-bond acceptors (Lipinski definition) is 5. The molecule has 0 aliphatic carbocycles. The zero-order chi connectivity index (χ0) is 19.8. The summed E-state index contributed by atoms with van der Waals surface area (Å²) in [5.41, 5.74) is 1.54. The lowest BCUT2D eigenvalue weighted by molar-refractivity contribution is -0.115. The number of para-hydroxylation sites is 2. The van der Waals surface area contributed by atoms with Crippen LogP contribution in [0.4, 0.5) is 5.69 Å². The standard InChI is InChI=1S/C21H24N4O2S/c1-3-10-18-23-21(25-24-18)28-19(15-11-6-5-7-12-15)20(26)22-16-13-8-9-14-17(16)27-4-2/h5-9,11-14,19H,3-4,10H2,1-2H3,(H,22,26)(H,23,24,25). The first kappa shape index (κ1) is 19.9. The van der Waals surface area contributed by atoms with Crippen molar-refractivity contribution in [3.63, 3.8) is 0 Å². The molecular weight excluding hydrogens is 372 g/mol. The van der Waals surface area contributed by atoms with Crippen LogP contribution in [0.1, 0.15) is 36.9 Å². The van der Waals surface area contributed by atoms with E-state index in [2.05, 4.69) is 27.4 Å². The second-order valence-corrected chi connectivity index (χ2v) is 7.21. The van der Waals surface area contributed by atoms with Crippen LogP contribution in [0.2, 0.25) is 0 Å². The van der Waals surface area contributed by atoms with Crippen LogP contribution < -0.4 is 10.1 Å². The first-order valence-corrected chi connectivity index (χ1v) is 10.2. The van der Waals surface area contributed by atoms with Crippen molar-refractivity contribution in [3.8, 4) is 5.75 Å². The molecule has 1 unspecified atom stereocenters. The van der Waals surface area contributed by atoms with E-state index in [1.165, 1.54) is 11.8 Å². The molecule has 146 valence electrons. The highest BCUT2D eigenvalue weighted by Gasteiger charge is 2.25. The Bertz CT molecular complexity index is 898. The van der Waals surface area contributed by atoms with E-state index < -0.39 is 5.25 Å². The average Bonchev–Trinajstić information content (AvgIpc) is 3.16. The third-order valence-electron chi connectivity index (χ3n) is 4.01. The average molecular weight is 397 g/mol. The van der Waals surface area contributed by atoms with E-state index in [1.807, 2.05) is 61.5 Å². The quantitative estimate of drug-likeness (QED) is 0.516. The summed E-state index contributed by atoms with van der Waals surface area (Å²) in [4.78, 5) is 17.6. The second-order valence-electron chi connectivity index (χ2n) is 6.14. The Morgan fingerprint density at radius 1 is 1.14 bits per heavy atom. The molecule has 0 aliphatic rings. The molecule has 3 rings (SSSR count). The van der Waals surface area contributed by atoms with E-state index in [0.29, 0.717) is 23.2 Å². The largest absolute Gasteiger partial charge is 0.492 e. The lowest BCUT2D eigenvalue weighted by Gasteiger charge is -2.17. The number of carbonyl (C=O) groups excluding carboxylic acids is 1. The fourth-order valence-corrected chi connectivity index (χ4v) is 3.67. The van der Waals surface area contributed by atoms with E-state index >= 15 is 0 Å². The number of ether oxygens (including phenoxy) is 1. The van der Waals surface area contributed by atoms with Crippen LogP contribution in [0.5, 0.6) is 5.75 Å². The van der Waals surface area contributed by atoms with Gasteiger partial charge in [0.2, 0.25) is 11.1 Å². The van der Waals surface area contributed by atoms with Crippen molar-refractivity contribution in [2.24, 2.45) is 0 Å². The molecule has 0 spiro atoms. The van der Waals surface area contributed by atoms with Gasteiger partial charge in [-0.3, -0.25) is 9.89 Å². The van der Waals surface area contributed by atoms with Crippen molar-refractivity contribution < 1.29 is 9.53 Å². The monoisotopic (exact) mass is 396 g/mol. The molecule has 0 saturated carbocycles. The number of benzene rings is 2. The number of nitrogens with zero attached hydrogens (tertiary/aromatic N) is 2. The summed E-state index contributed by atoms with van der Waals surface area (Å²) in [6, 6.07) is 17.1. The Hall–Kier alpha value is -2.80. The summed E-state index contributed by atoms with van der Waals surface area (Å²) in [5.74, 6) is 1.34. The van der Waals surface area contributed by atoms with Gasteiger partial charge in [0.25, 0.3) is 0 Å². The Labute approximate surface area is 169 Å². The molecule has 0 bridgehead atoms. The number of thioether (sulfide) groups is 1. The zero-order valence-electron chi connectivity index (χ0n) is 16.0. The lowest BCUT2D eigenvalue weighted by atomic mass is 10.1. The number of nitrogens with one attached hydrogen (secondary N) is 2. The molecule has 0 radical (unpaired) electrons. The third-order valence-corrected chi connectivity index (χ3v) is 5.12. The van der Waals surface area contributed by atoms with Gasteiger partial charge in [0.05, 0.1) is 12.3 Å². The number of amides is 1. The van der Waals surface area contributed by atoms with Crippen molar-refractivity contribution in [2.45, 2.75) is 37.1 Å². The van der Waals surface area contributed by atoms with Gasteiger partial charge >= 0.3 is 0 Å². The normalized spacial score (nSPS) is 11.8. The van der Waals surface area contributed by atoms with E-state index in [9.17, 15) is 4.79 Å². The molecule has 0 saturated heterocycles. The van der Waals surface area contributed by atoms with E-state index in [4.69, 9.17) is 4.74 Å². The second kappa shape index (κ2) is 9.94. The van der Waals surface area contributed by atoms with Crippen LogP contribution in [0, 0.1) is 0 Å². The molecule has 1 heterocycles. The molecule has 0 fully saturated rings. The molecule has 28 heavy (non-hydrogen) atoms. The molecule has 1 atom stereocenters. The van der Waals surface area contributed by atoms with Gasteiger partial charge in [0, 0.05) is 6.42 Å². The highest BCUT2D eigenvalue weighted by atomic mass is 32.2. The Balaban J connectivity index is 1.83. The maximum absolute atomic E-state index is 13.2. The predicted molar refractivity (Wildman–Crippen MR) is 112 cm³/mol. The van der Waals surface area contributed by atoms with Gasteiger partial charge in [0.1, 0.15) is 16.8 Å². The van der Waals surface area contributed by atoms with Crippen LogP contribution >= 0.6 is 11.8 Å². The fraction of sp³-hybridized carbons (Fsp3) is 0.286. The number of aromatic amines is 1. The summed E-state index contributed by atoms with van der Waals surface area (Å²) >= 11 is 1.33. The molecule has 1 aromatic heterocycles. The molecule has 0 aliphatic heterocycles. The molecule has 7 heteroatoms. The number of aromatic nitrogens is 3. The molecular formula is C21H24N4O2S.